The van der Waals surface area contributed by atoms with Crippen molar-refractivity contribution in [2.24, 2.45) is 5.41 Å². The predicted molar refractivity (Wildman–Crippen MR) is 76.3 cm³/mol. The van der Waals surface area contributed by atoms with Gasteiger partial charge in [-0.3, -0.25) is 9.69 Å². The summed E-state index contributed by atoms with van der Waals surface area (Å²) in [6, 6.07) is 0.627. The Morgan fingerprint density at radius 1 is 1.32 bits per heavy atom. The number of nitrogens with zero attached hydrogens (tertiary/aromatic N) is 2. The number of carboxylic acid groups (broad SMARTS) is 1. The molecule has 2 rings (SSSR count). The fourth-order valence-corrected chi connectivity index (χ4v) is 3.91. The zero-order valence-corrected chi connectivity index (χ0v) is 12.4. The second kappa shape index (κ2) is 6.23. The maximum atomic E-state index is 11.6. The van der Waals surface area contributed by atoms with Crippen LogP contribution in [0.1, 0.15) is 46.0 Å². The number of carbonyl (C=O) groups is 1. The van der Waals surface area contributed by atoms with E-state index in [4.69, 9.17) is 0 Å². The lowest BCUT2D eigenvalue weighted by Gasteiger charge is -2.31. The van der Waals surface area contributed by atoms with Crippen molar-refractivity contribution in [3.63, 3.8) is 0 Å². The summed E-state index contributed by atoms with van der Waals surface area (Å²) in [5.41, 5.74) is -0.446. The van der Waals surface area contributed by atoms with Crippen LogP contribution in [0.5, 0.6) is 0 Å². The molecule has 2 fully saturated rings. The third-order valence-corrected chi connectivity index (χ3v) is 5.12. The van der Waals surface area contributed by atoms with E-state index in [0.29, 0.717) is 6.04 Å². The van der Waals surface area contributed by atoms with Gasteiger partial charge in [0.15, 0.2) is 0 Å². The fourth-order valence-electron chi connectivity index (χ4n) is 3.91. The van der Waals surface area contributed by atoms with Gasteiger partial charge in [-0.2, -0.15) is 0 Å². The summed E-state index contributed by atoms with van der Waals surface area (Å²) in [4.78, 5) is 16.5. The summed E-state index contributed by atoms with van der Waals surface area (Å²) >= 11 is 0. The van der Waals surface area contributed by atoms with Crippen LogP contribution in [-0.2, 0) is 4.79 Å². The quantitative estimate of drug-likeness (QED) is 0.800. The first-order valence-electron chi connectivity index (χ1n) is 7.81. The van der Waals surface area contributed by atoms with E-state index in [9.17, 15) is 9.90 Å². The van der Waals surface area contributed by atoms with Gasteiger partial charge >= 0.3 is 5.97 Å². The molecule has 0 aromatic rings. The number of hydrogen-bond donors (Lipinski definition) is 1. The summed E-state index contributed by atoms with van der Waals surface area (Å²) in [5.74, 6) is -0.573. The molecular formula is C15H28N2O2. The van der Waals surface area contributed by atoms with Crippen molar-refractivity contribution in [3.05, 3.63) is 0 Å². The second-order valence-electron chi connectivity index (χ2n) is 6.19. The van der Waals surface area contributed by atoms with Gasteiger partial charge < -0.3 is 10.0 Å². The molecule has 4 heteroatoms. The average molecular weight is 268 g/mol. The fraction of sp³-hybridized carbons (Fsp3) is 0.933. The van der Waals surface area contributed by atoms with Gasteiger partial charge in [-0.25, -0.2) is 0 Å². The van der Waals surface area contributed by atoms with Gasteiger partial charge in [0.1, 0.15) is 0 Å². The Morgan fingerprint density at radius 2 is 1.95 bits per heavy atom. The van der Waals surface area contributed by atoms with Crippen molar-refractivity contribution in [2.45, 2.75) is 52.0 Å². The number of carboxylic acids is 1. The highest BCUT2D eigenvalue weighted by molar-refractivity contribution is 5.75. The molecule has 1 aliphatic heterocycles. The first-order valence-corrected chi connectivity index (χ1v) is 7.81. The molecule has 1 atom stereocenters. The molecule has 1 heterocycles. The van der Waals surface area contributed by atoms with Crippen LogP contribution in [0.15, 0.2) is 0 Å². The maximum absolute atomic E-state index is 11.6. The van der Waals surface area contributed by atoms with E-state index in [-0.39, 0.29) is 0 Å². The highest BCUT2D eigenvalue weighted by atomic mass is 16.4. The van der Waals surface area contributed by atoms with Gasteiger partial charge in [0, 0.05) is 19.1 Å². The maximum Gasteiger partial charge on any atom is 0.310 e. The average Bonchev–Trinajstić information content (AvgIpc) is 3.02. The zero-order chi connectivity index (χ0) is 13.9. The minimum absolute atomic E-state index is 0.446. The van der Waals surface area contributed by atoms with Gasteiger partial charge in [0.2, 0.25) is 0 Å². The molecule has 1 N–H and O–H groups in total. The van der Waals surface area contributed by atoms with Crippen LogP contribution < -0.4 is 0 Å². The van der Waals surface area contributed by atoms with Gasteiger partial charge in [-0.05, 0) is 38.9 Å². The molecule has 1 saturated heterocycles. The Balaban J connectivity index is 1.92. The monoisotopic (exact) mass is 268 g/mol. The van der Waals surface area contributed by atoms with Crippen molar-refractivity contribution < 1.29 is 9.90 Å². The molecule has 0 bridgehead atoms. The molecule has 2 aliphatic rings. The van der Waals surface area contributed by atoms with Crippen molar-refractivity contribution >= 4 is 5.97 Å². The van der Waals surface area contributed by atoms with Gasteiger partial charge in [-0.1, -0.05) is 26.7 Å². The van der Waals surface area contributed by atoms with Crippen molar-refractivity contribution in [1.29, 1.82) is 0 Å². The molecule has 1 unspecified atom stereocenters. The number of likely N-dealkylation sites (N-methyl/N-ethyl adjacent to an activating group) is 1. The molecule has 1 saturated carbocycles. The van der Waals surface area contributed by atoms with Crippen LogP contribution in [0.4, 0.5) is 0 Å². The minimum Gasteiger partial charge on any atom is -0.481 e. The summed E-state index contributed by atoms with van der Waals surface area (Å²) in [6.07, 6.45) is 5.10. The molecule has 4 nitrogen and oxygen atoms in total. The molecule has 0 amide bonds. The van der Waals surface area contributed by atoms with E-state index in [1.165, 1.54) is 6.42 Å². The predicted octanol–water partition coefficient (Wildman–Crippen LogP) is 2.05. The van der Waals surface area contributed by atoms with E-state index in [1.807, 2.05) is 0 Å². The van der Waals surface area contributed by atoms with Crippen LogP contribution in [0.2, 0.25) is 0 Å². The first kappa shape index (κ1) is 14.8. The second-order valence-corrected chi connectivity index (χ2v) is 6.19. The van der Waals surface area contributed by atoms with Crippen LogP contribution in [0.3, 0.4) is 0 Å². The van der Waals surface area contributed by atoms with Gasteiger partial charge in [0.05, 0.1) is 5.41 Å². The number of rotatable bonds is 6. The van der Waals surface area contributed by atoms with E-state index >= 15 is 0 Å². The molecule has 0 radical (unpaired) electrons. The molecule has 19 heavy (non-hydrogen) atoms. The summed E-state index contributed by atoms with van der Waals surface area (Å²) in [6.45, 7) is 9.49. The van der Waals surface area contributed by atoms with Crippen molar-refractivity contribution in [3.8, 4) is 0 Å². The number of likely N-dealkylation sites (tertiary alicyclic amines) is 1. The van der Waals surface area contributed by atoms with Crippen LogP contribution in [-0.4, -0.2) is 59.6 Å². The SMILES string of the molecule is CCN(CC)C1CCN(CC2(C(=O)O)CCCC2)C1. The van der Waals surface area contributed by atoms with Gasteiger partial charge in [0.25, 0.3) is 0 Å². The number of aliphatic carboxylic acids is 1. The summed E-state index contributed by atoms with van der Waals surface area (Å²) < 4.78 is 0. The largest absolute Gasteiger partial charge is 0.481 e. The standard InChI is InChI=1S/C15H28N2O2/c1-3-17(4-2)13-7-10-16(11-13)12-15(14(18)19)8-5-6-9-15/h13H,3-12H2,1-2H3,(H,18,19). The molecule has 0 aromatic heterocycles. The Morgan fingerprint density at radius 3 is 2.47 bits per heavy atom. The topological polar surface area (TPSA) is 43.8 Å². The summed E-state index contributed by atoms with van der Waals surface area (Å²) in [5, 5.41) is 9.55. The van der Waals surface area contributed by atoms with E-state index in [1.54, 1.807) is 0 Å². The third kappa shape index (κ3) is 3.11. The molecule has 0 aromatic carbocycles. The Bertz CT molecular complexity index is 309. The Kier molecular flexibility index (Phi) is 4.85. The smallest absolute Gasteiger partial charge is 0.310 e. The first-order chi connectivity index (χ1) is 9.11. The third-order valence-electron chi connectivity index (χ3n) is 5.12. The van der Waals surface area contributed by atoms with Crippen molar-refractivity contribution in [2.75, 3.05) is 32.7 Å². The van der Waals surface area contributed by atoms with Crippen LogP contribution in [0, 0.1) is 5.41 Å². The highest BCUT2D eigenvalue weighted by Gasteiger charge is 2.43. The van der Waals surface area contributed by atoms with Crippen LogP contribution in [0.25, 0.3) is 0 Å². The van der Waals surface area contributed by atoms with E-state index < -0.39 is 11.4 Å². The summed E-state index contributed by atoms with van der Waals surface area (Å²) in [7, 11) is 0. The van der Waals surface area contributed by atoms with Crippen molar-refractivity contribution in [1.82, 2.24) is 9.80 Å². The lowest BCUT2D eigenvalue weighted by Crippen LogP contribution is -2.42. The zero-order valence-electron chi connectivity index (χ0n) is 12.4. The molecule has 0 spiro atoms. The molecular weight excluding hydrogens is 240 g/mol. The lowest BCUT2D eigenvalue weighted by molar-refractivity contribution is -0.149. The van der Waals surface area contributed by atoms with Crippen LogP contribution >= 0.6 is 0 Å². The highest BCUT2D eigenvalue weighted by Crippen LogP contribution is 2.39. The van der Waals surface area contributed by atoms with E-state index in [0.717, 1.165) is 58.4 Å². The lowest BCUT2D eigenvalue weighted by atomic mass is 9.86. The Hall–Kier alpha value is -0.610. The normalized spacial score (nSPS) is 27.2. The Labute approximate surface area is 116 Å². The van der Waals surface area contributed by atoms with E-state index in [2.05, 4.69) is 23.6 Å². The molecule has 110 valence electrons. The molecule has 1 aliphatic carbocycles. The number of hydrogen-bond acceptors (Lipinski definition) is 3. The minimum atomic E-state index is -0.573. The van der Waals surface area contributed by atoms with Gasteiger partial charge in [-0.15, -0.1) is 0 Å².